The normalized spacial score (nSPS) is 14.0. The fourth-order valence-electron chi connectivity index (χ4n) is 3.14. The fourth-order valence-corrected chi connectivity index (χ4v) is 3.14. The van der Waals surface area contributed by atoms with E-state index in [1.54, 1.807) is 35.1 Å². The van der Waals surface area contributed by atoms with Crippen molar-refractivity contribution < 1.29 is 19.1 Å². The first-order valence-electron chi connectivity index (χ1n) is 9.08. The molecule has 0 spiro atoms. The smallest absolute Gasteiger partial charge is 0.254 e. The van der Waals surface area contributed by atoms with Gasteiger partial charge in [-0.25, -0.2) is 0 Å². The largest absolute Gasteiger partial charge is 0.493 e. The molecule has 3 rings (SSSR count). The molecule has 0 saturated carbocycles. The Morgan fingerprint density at radius 1 is 0.852 bits per heavy atom. The second-order valence-electron chi connectivity index (χ2n) is 6.25. The molecule has 1 saturated heterocycles. The zero-order valence-corrected chi connectivity index (χ0v) is 15.7. The van der Waals surface area contributed by atoms with E-state index in [0.29, 0.717) is 55.4 Å². The van der Waals surface area contributed by atoms with Crippen molar-refractivity contribution in [3.63, 3.8) is 0 Å². The van der Waals surface area contributed by atoms with E-state index in [2.05, 4.69) is 0 Å². The number of ether oxygens (including phenoxy) is 2. The molecule has 1 aliphatic heterocycles. The van der Waals surface area contributed by atoms with E-state index in [-0.39, 0.29) is 11.8 Å². The Hall–Kier alpha value is -3.02. The molecule has 2 aromatic rings. The maximum atomic E-state index is 12.8. The lowest BCUT2D eigenvalue weighted by Crippen LogP contribution is -2.50. The van der Waals surface area contributed by atoms with Crippen LogP contribution < -0.4 is 9.47 Å². The van der Waals surface area contributed by atoms with Gasteiger partial charge in [-0.1, -0.05) is 18.2 Å². The Balaban J connectivity index is 1.65. The van der Waals surface area contributed by atoms with Crippen LogP contribution in [-0.2, 0) is 0 Å². The van der Waals surface area contributed by atoms with Gasteiger partial charge in [-0.05, 0) is 37.3 Å². The Labute approximate surface area is 159 Å². The van der Waals surface area contributed by atoms with Gasteiger partial charge in [-0.3, -0.25) is 9.59 Å². The summed E-state index contributed by atoms with van der Waals surface area (Å²) < 4.78 is 10.8. The molecule has 0 radical (unpaired) electrons. The van der Waals surface area contributed by atoms with Crippen LogP contribution in [0, 0.1) is 0 Å². The minimum Gasteiger partial charge on any atom is -0.493 e. The second kappa shape index (κ2) is 8.58. The van der Waals surface area contributed by atoms with Gasteiger partial charge in [0.25, 0.3) is 11.8 Å². The van der Waals surface area contributed by atoms with E-state index in [4.69, 9.17) is 9.47 Å². The summed E-state index contributed by atoms with van der Waals surface area (Å²) in [6.07, 6.45) is 0. The summed E-state index contributed by atoms with van der Waals surface area (Å²) in [6, 6.07) is 14.4. The first kappa shape index (κ1) is 18.8. The number of nitrogens with zero attached hydrogens (tertiary/aromatic N) is 2. The molecule has 0 atom stereocenters. The van der Waals surface area contributed by atoms with Gasteiger partial charge < -0.3 is 19.3 Å². The summed E-state index contributed by atoms with van der Waals surface area (Å²) in [7, 11) is 1.57. The topological polar surface area (TPSA) is 59.1 Å². The molecule has 1 fully saturated rings. The summed E-state index contributed by atoms with van der Waals surface area (Å²) in [6.45, 7) is 4.44. The average molecular weight is 368 g/mol. The van der Waals surface area contributed by atoms with Crippen LogP contribution in [-0.4, -0.2) is 61.5 Å². The quantitative estimate of drug-likeness (QED) is 0.814. The van der Waals surface area contributed by atoms with Crippen molar-refractivity contribution in [3.05, 3.63) is 59.7 Å². The number of carbonyl (C=O) groups excluding carboxylic acids is 2. The molecule has 1 heterocycles. The summed E-state index contributed by atoms with van der Waals surface area (Å²) in [5.74, 6) is 1.10. The summed E-state index contributed by atoms with van der Waals surface area (Å²) >= 11 is 0. The Morgan fingerprint density at radius 2 is 1.44 bits per heavy atom. The van der Waals surface area contributed by atoms with Crippen LogP contribution in [0.4, 0.5) is 0 Å². The molecule has 142 valence electrons. The van der Waals surface area contributed by atoms with Gasteiger partial charge in [0.05, 0.1) is 13.7 Å². The number of hydrogen-bond donors (Lipinski definition) is 0. The lowest BCUT2D eigenvalue weighted by molar-refractivity contribution is 0.0535. The van der Waals surface area contributed by atoms with Crippen LogP contribution in [0.15, 0.2) is 48.5 Å². The number of piperazine rings is 1. The average Bonchev–Trinajstić information content (AvgIpc) is 2.73. The molecule has 0 unspecified atom stereocenters. The van der Waals surface area contributed by atoms with Crippen molar-refractivity contribution in [2.24, 2.45) is 0 Å². The van der Waals surface area contributed by atoms with Crippen LogP contribution in [0.25, 0.3) is 0 Å². The molecule has 0 aromatic heterocycles. The van der Waals surface area contributed by atoms with Gasteiger partial charge in [0, 0.05) is 37.3 Å². The van der Waals surface area contributed by atoms with Crippen molar-refractivity contribution in [1.82, 2.24) is 9.80 Å². The fraction of sp³-hybridized carbons (Fsp3) is 0.333. The number of hydrogen-bond acceptors (Lipinski definition) is 4. The third kappa shape index (κ3) is 4.22. The van der Waals surface area contributed by atoms with Crippen molar-refractivity contribution in [2.45, 2.75) is 6.92 Å². The highest BCUT2D eigenvalue weighted by Gasteiger charge is 2.26. The van der Waals surface area contributed by atoms with E-state index in [0.717, 1.165) is 0 Å². The lowest BCUT2D eigenvalue weighted by Gasteiger charge is -2.35. The summed E-state index contributed by atoms with van der Waals surface area (Å²) in [4.78, 5) is 28.9. The van der Waals surface area contributed by atoms with Gasteiger partial charge >= 0.3 is 0 Å². The van der Waals surface area contributed by atoms with E-state index in [1.807, 2.05) is 37.3 Å². The Bertz CT molecular complexity index is 799. The number of amides is 2. The van der Waals surface area contributed by atoms with Crippen molar-refractivity contribution in [2.75, 3.05) is 39.9 Å². The Kier molecular flexibility index (Phi) is 5.96. The van der Waals surface area contributed by atoms with Crippen LogP contribution in [0.5, 0.6) is 11.5 Å². The van der Waals surface area contributed by atoms with E-state index < -0.39 is 0 Å². The molecular weight excluding hydrogens is 344 g/mol. The van der Waals surface area contributed by atoms with Crippen molar-refractivity contribution >= 4 is 11.8 Å². The number of carbonyl (C=O) groups is 2. The molecule has 2 amide bonds. The zero-order valence-electron chi connectivity index (χ0n) is 15.7. The van der Waals surface area contributed by atoms with Crippen molar-refractivity contribution in [3.8, 4) is 11.5 Å². The maximum absolute atomic E-state index is 12.8. The maximum Gasteiger partial charge on any atom is 0.254 e. The molecule has 6 nitrogen and oxygen atoms in total. The van der Waals surface area contributed by atoms with Crippen LogP contribution in [0.3, 0.4) is 0 Å². The lowest BCUT2D eigenvalue weighted by atomic mass is 10.1. The molecule has 0 bridgehead atoms. The third-order valence-corrected chi connectivity index (χ3v) is 4.59. The molecule has 0 aliphatic carbocycles. The molecule has 0 N–H and O–H groups in total. The number of rotatable bonds is 5. The standard InChI is InChI=1S/C21H24N2O4/c1-3-27-19-15-17(9-10-18(19)26-2)21(25)23-13-11-22(12-14-23)20(24)16-7-5-4-6-8-16/h4-10,15H,3,11-14H2,1-2H3. The van der Waals surface area contributed by atoms with Gasteiger partial charge in [-0.15, -0.1) is 0 Å². The SMILES string of the molecule is CCOc1cc(C(=O)N2CCN(C(=O)c3ccccc3)CC2)ccc1OC. The monoisotopic (exact) mass is 368 g/mol. The van der Waals surface area contributed by atoms with E-state index >= 15 is 0 Å². The predicted octanol–water partition coefficient (Wildman–Crippen LogP) is 2.69. The first-order valence-corrected chi connectivity index (χ1v) is 9.08. The van der Waals surface area contributed by atoms with Gasteiger partial charge in [-0.2, -0.15) is 0 Å². The van der Waals surface area contributed by atoms with Crippen LogP contribution >= 0.6 is 0 Å². The molecule has 2 aromatic carbocycles. The molecule has 6 heteroatoms. The molecule has 27 heavy (non-hydrogen) atoms. The van der Waals surface area contributed by atoms with E-state index in [9.17, 15) is 9.59 Å². The van der Waals surface area contributed by atoms with Gasteiger partial charge in [0.15, 0.2) is 11.5 Å². The van der Waals surface area contributed by atoms with Crippen molar-refractivity contribution in [1.29, 1.82) is 0 Å². The van der Waals surface area contributed by atoms with Gasteiger partial charge in [0.2, 0.25) is 0 Å². The Morgan fingerprint density at radius 3 is 2.00 bits per heavy atom. The third-order valence-electron chi connectivity index (χ3n) is 4.59. The second-order valence-corrected chi connectivity index (χ2v) is 6.25. The highest BCUT2D eigenvalue weighted by Crippen LogP contribution is 2.28. The molecule has 1 aliphatic rings. The highest BCUT2D eigenvalue weighted by molar-refractivity contribution is 5.96. The zero-order chi connectivity index (χ0) is 19.2. The minimum atomic E-state index is -0.0644. The van der Waals surface area contributed by atoms with E-state index in [1.165, 1.54) is 0 Å². The minimum absolute atomic E-state index is 0.00535. The van der Waals surface area contributed by atoms with Crippen LogP contribution in [0.1, 0.15) is 27.6 Å². The molecular formula is C21H24N2O4. The van der Waals surface area contributed by atoms with Gasteiger partial charge in [0.1, 0.15) is 0 Å². The number of benzene rings is 2. The highest BCUT2D eigenvalue weighted by atomic mass is 16.5. The number of methoxy groups -OCH3 is 1. The first-order chi connectivity index (χ1) is 13.1. The van der Waals surface area contributed by atoms with Crippen LogP contribution in [0.2, 0.25) is 0 Å². The predicted molar refractivity (Wildman–Crippen MR) is 102 cm³/mol. The summed E-state index contributed by atoms with van der Waals surface area (Å²) in [5.41, 5.74) is 1.23. The summed E-state index contributed by atoms with van der Waals surface area (Å²) in [5, 5.41) is 0.